The summed E-state index contributed by atoms with van der Waals surface area (Å²) >= 11 is 0. The maximum atomic E-state index is 4.09. The van der Waals surface area contributed by atoms with Gasteiger partial charge >= 0.3 is 0 Å². The van der Waals surface area contributed by atoms with Crippen LogP contribution in [0.4, 0.5) is 0 Å². The average Bonchev–Trinajstić information content (AvgIpc) is 2.51. The summed E-state index contributed by atoms with van der Waals surface area (Å²) in [6.45, 7) is 3.58. The van der Waals surface area contributed by atoms with Gasteiger partial charge in [0.05, 0.1) is 12.7 Å². The highest BCUT2D eigenvalue weighted by atomic mass is 15.2. The Morgan fingerprint density at radius 2 is 2.46 bits per heavy atom. The van der Waals surface area contributed by atoms with E-state index in [0.29, 0.717) is 0 Å². The summed E-state index contributed by atoms with van der Waals surface area (Å²) in [5.74, 6) is 5.80. The molecule has 1 N–H and O–H groups in total. The largest absolute Gasteiger partial charge is 0.306 e. The number of hydrogen-bond acceptors (Lipinski definition) is 2. The molecule has 0 bridgehead atoms. The highest BCUT2D eigenvalue weighted by Crippen LogP contribution is 1.95. The first-order valence-electron chi connectivity index (χ1n) is 4.41. The average molecular weight is 177 g/mol. The lowest BCUT2D eigenvalue weighted by molar-refractivity contribution is 0.748. The standard InChI is InChI=1S/C10H15N3/c1-3-4-6-11-7-5-10-8-12-13(2)9-10/h8-9,11H,5-7H2,1-2H3. The van der Waals surface area contributed by atoms with Gasteiger partial charge in [-0.1, -0.05) is 5.92 Å². The molecule has 0 aliphatic heterocycles. The van der Waals surface area contributed by atoms with Crippen molar-refractivity contribution in [2.45, 2.75) is 13.3 Å². The molecule has 1 aromatic rings. The molecule has 0 spiro atoms. The summed E-state index contributed by atoms with van der Waals surface area (Å²) < 4.78 is 1.82. The number of aryl methyl sites for hydroxylation is 1. The van der Waals surface area contributed by atoms with Crippen molar-refractivity contribution in [1.29, 1.82) is 0 Å². The van der Waals surface area contributed by atoms with E-state index in [0.717, 1.165) is 19.5 Å². The second-order valence-corrected chi connectivity index (χ2v) is 2.88. The highest BCUT2D eigenvalue weighted by Gasteiger charge is 1.93. The molecule has 1 heterocycles. The van der Waals surface area contributed by atoms with E-state index in [1.54, 1.807) is 0 Å². The Bertz CT molecular complexity index is 303. The molecule has 0 amide bonds. The first-order valence-corrected chi connectivity index (χ1v) is 4.41. The van der Waals surface area contributed by atoms with Crippen molar-refractivity contribution in [3.63, 3.8) is 0 Å². The van der Waals surface area contributed by atoms with Gasteiger partial charge in [0.25, 0.3) is 0 Å². The summed E-state index contributed by atoms with van der Waals surface area (Å²) in [6.07, 6.45) is 4.94. The second-order valence-electron chi connectivity index (χ2n) is 2.88. The Labute approximate surface area is 79.1 Å². The molecule has 70 valence electrons. The lowest BCUT2D eigenvalue weighted by atomic mass is 10.2. The normalized spacial score (nSPS) is 9.38. The monoisotopic (exact) mass is 177 g/mol. The van der Waals surface area contributed by atoms with Crippen LogP contribution < -0.4 is 5.32 Å². The Morgan fingerprint density at radius 3 is 3.08 bits per heavy atom. The SMILES string of the molecule is CC#CCNCCc1cnn(C)c1. The first kappa shape index (κ1) is 9.82. The molecule has 3 heteroatoms. The summed E-state index contributed by atoms with van der Waals surface area (Å²) in [4.78, 5) is 0. The van der Waals surface area contributed by atoms with Gasteiger partial charge in [-0.05, 0) is 18.9 Å². The zero-order chi connectivity index (χ0) is 9.52. The maximum Gasteiger partial charge on any atom is 0.0576 e. The molecule has 0 radical (unpaired) electrons. The molecule has 0 aliphatic carbocycles. The van der Waals surface area contributed by atoms with Gasteiger partial charge in [0, 0.05) is 19.8 Å². The maximum absolute atomic E-state index is 4.09. The van der Waals surface area contributed by atoms with Gasteiger partial charge in [-0.25, -0.2) is 0 Å². The van der Waals surface area contributed by atoms with Crippen LogP contribution in [0.3, 0.4) is 0 Å². The summed E-state index contributed by atoms with van der Waals surface area (Å²) in [7, 11) is 1.93. The lowest BCUT2D eigenvalue weighted by Crippen LogP contribution is -2.17. The van der Waals surface area contributed by atoms with Crippen LogP contribution in [0, 0.1) is 11.8 Å². The minimum Gasteiger partial charge on any atom is -0.306 e. The molecular formula is C10H15N3. The van der Waals surface area contributed by atoms with E-state index >= 15 is 0 Å². The molecule has 0 saturated carbocycles. The first-order chi connectivity index (χ1) is 6.33. The number of hydrogen-bond donors (Lipinski definition) is 1. The van der Waals surface area contributed by atoms with Gasteiger partial charge in [-0.3, -0.25) is 4.68 Å². The molecule has 13 heavy (non-hydrogen) atoms. The quantitative estimate of drug-likeness (QED) is 0.538. The summed E-state index contributed by atoms with van der Waals surface area (Å²) in [5, 5.41) is 7.33. The number of nitrogens with zero attached hydrogens (tertiary/aromatic N) is 2. The van der Waals surface area contributed by atoms with Crippen molar-refractivity contribution < 1.29 is 0 Å². The van der Waals surface area contributed by atoms with Crippen molar-refractivity contribution in [2.24, 2.45) is 7.05 Å². The van der Waals surface area contributed by atoms with Crippen LogP contribution >= 0.6 is 0 Å². The van der Waals surface area contributed by atoms with E-state index in [1.165, 1.54) is 5.56 Å². The lowest BCUT2D eigenvalue weighted by Gasteiger charge is -1.97. The van der Waals surface area contributed by atoms with E-state index in [4.69, 9.17) is 0 Å². The van der Waals surface area contributed by atoms with Gasteiger partial charge in [0.15, 0.2) is 0 Å². The second kappa shape index (κ2) is 5.39. The van der Waals surface area contributed by atoms with Gasteiger partial charge in [-0.2, -0.15) is 5.10 Å². The van der Waals surface area contributed by atoms with E-state index in [-0.39, 0.29) is 0 Å². The van der Waals surface area contributed by atoms with Crippen LogP contribution in [0.5, 0.6) is 0 Å². The van der Waals surface area contributed by atoms with Crippen LogP contribution in [-0.4, -0.2) is 22.9 Å². The smallest absolute Gasteiger partial charge is 0.0576 e. The highest BCUT2D eigenvalue weighted by molar-refractivity contribution is 5.04. The zero-order valence-corrected chi connectivity index (χ0v) is 8.17. The Kier molecular flexibility index (Phi) is 4.07. The van der Waals surface area contributed by atoms with Crippen LogP contribution in [0.25, 0.3) is 0 Å². The molecule has 1 aromatic heterocycles. The van der Waals surface area contributed by atoms with Crippen LogP contribution in [0.2, 0.25) is 0 Å². The molecule has 0 atom stereocenters. The van der Waals surface area contributed by atoms with E-state index in [9.17, 15) is 0 Å². The van der Waals surface area contributed by atoms with Crippen molar-refractivity contribution in [3.05, 3.63) is 18.0 Å². The fourth-order valence-corrected chi connectivity index (χ4v) is 1.07. The summed E-state index contributed by atoms with van der Waals surface area (Å²) in [5.41, 5.74) is 1.26. The minimum atomic E-state index is 0.775. The third kappa shape index (κ3) is 3.77. The van der Waals surface area contributed by atoms with Crippen LogP contribution in [0.15, 0.2) is 12.4 Å². The van der Waals surface area contributed by atoms with Crippen molar-refractivity contribution in [2.75, 3.05) is 13.1 Å². The number of nitrogens with one attached hydrogen (secondary N) is 1. The van der Waals surface area contributed by atoms with Gasteiger partial charge in [0.2, 0.25) is 0 Å². The topological polar surface area (TPSA) is 29.9 Å². The fraction of sp³-hybridized carbons (Fsp3) is 0.500. The third-order valence-electron chi connectivity index (χ3n) is 1.74. The molecule has 0 fully saturated rings. The zero-order valence-electron chi connectivity index (χ0n) is 8.17. The van der Waals surface area contributed by atoms with E-state index < -0.39 is 0 Å². The van der Waals surface area contributed by atoms with Gasteiger partial charge in [-0.15, -0.1) is 5.92 Å². The van der Waals surface area contributed by atoms with Gasteiger partial charge < -0.3 is 5.32 Å². The number of rotatable bonds is 4. The minimum absolute atomic E-state index is 0.775. The molecule has 3 nitrogen and oxygen atoms in total. The van der Waals surface area contributed by atoms with Crippen LogP contribution in [-0.2, 0) is 13.5 Å². The molecule has 0 aliphatic rings. The van der Waals surface area contributed by atoms with Crippen molar-refractivity contribution in [3.8, 4) is 11.8 Å². The molecule has 0 unspecified atom stereocenters. The van der Waals surface area contributed by atoms with Crippen LogP contribution in [0.1, 0.15) is 12.5 Å². The van der Waals surface area contributed by atoms with Crippen molar-refractivity contribution in [1.82, 2.24) is 15.1 Å². The Morgan fingerprint density at radius 1 is 1.62 bits per heavy atom. The Balaban J connectivity index is 2.15. The predicted octanol–water partition coefficient (Wildman–Crippen LogP) is 0.575. The van der Waals surface area contributed by atoms with Crippen molar-refractivity contribution >= 4 is 0 Å². The fourth-order valence-electron chi connectivity index (χ4n) is 1.07. The molecule has 1 rings (SSSR count). The number of aromatic nitrogens is 2. The molecule has 0 aromatic carbocycles. The molecule has 0 saturated heterocycles. The van der Waals surface area contributed by atoms with Gasteiger partial charge in [0.1, 0.15) is 0 Å². The predicted molar refractivity (Wildman–Crippen MR) is 53.2 cm³/mol. The molecular weight excluding hydrogens is 162 g/mol. The summed E-state index contributed by atoms with van der Waals surface area (Å²) in [6, 6.07) is 0. The third-order valence-corrected chi connectivity index (χ3v) is 1.74. The van der Waals surface area contributed by atoms with E-state index in [2.05, 4.69) is 22.3 Å². The van der Waals surface area contributed by atoms with E-state index in [1.807, 2.05) is 31.0 Å². The Hall–Kier alpha value is -1.27.